The second kappa shape index (κ2) is 5.59. The normalized spacial score (nSPS) is 11.9. The third kappa shape index (κ3) is 3.33. The molecule has 0 saturated carbocycles. The number of hydrogen-bond acceptors (Lipinski definition) is 3. The summed E-state index contributed by atoms with van der Waals surface area (Å²) in [4.78, 5) is 16.3. The minimum atomic E-state index is -0.945. The molecule has 2 aromatic rings. The number of nitrogens with zero attached hydrogens (tertiary/aromatic N) is 1. The lowest BCUT2D eigenvalue weighted by molar-refractivity contribution is -0.131. The van der Waals surface area contributed by atoms with E-state index in [1.807, 2.05) is 30.3 Å². The SMILES string of the molecule is CC(C)(C)c1nc(-c2ccccc2)sc1/C=C/C(=O)O. The van der Waals surface area contributed by atoms with Crippen LogP contribution in [-0.2, 0) is 10.2 Å². The average Bonchev–Trinajstić information content (AvgIpc) is 2.81. The molecule has 0 aliphatic carbocycles. The highest BCUT2D eigenvalue weighted by Crippen LogP contribution is 2.35. The van der Waals surface area contributed by atoms with Crippen LogP contribution in [0.5, 0.6) is 0 Å². The first-order valence-corrected chi connectivity index (χ1v) is 7.17. The van der Waals surface area contributed by atoms with E-state index in [0.717, 1.165) is 27.2 Å². The summed E-state index contributed by atoms with van der Waals surface area (Å²) >= 11 is 1.52. The Balaban J connectivity index is 2.50. The van der Waals surface area contributed by atoms with E-state index in [0.29, 0.717) is 0 Å². The maximum absolute atomic E-state index is 10.7. The van der Waals surface area contributed by atoms with Gasteiger partial charge >= 0.3 is 5.97 Å². The molecule has 0 saturated heterocycles. The molecule has 1 aromatic heterocycles. The van der Waals surface area contributed by atoms with Crippen LogP contribution in [0, 0.1) is 0 Å². The quantitative estimate of drug-likeness (QED) is 0.860. The Hall–Kier alpha value is -1.94. The molecule has 0 fully saturated rings. The third-order valence-electron chi connectivity index (χ3n) is 2.76. The van der Waals surface area contributed by atoms with Crippen LogP contribution >= 0.6 is 11.3 Å². The summed E-state index contributed by atoms with van der Waals surface area (Å²) < 4.78 is 0. The first kappa shape index (κ1) is 14.5. The van der Waals surface area contributed by atoms with E-state index in [1.54, 1.807) is 6.08 Å². The van der Waals surface area contributed by atoms with Gasteiger partial charge in [-0.1, -0.05) is 51.1 Å². The van der Waals surface area contributed by atoms with Crippen LogP contribution in [0.1, 0.15) is 31.3 Å². The minimum Gasteiger partial charge on any atom is -0.478 e. The number of hydrogen-bond donors (Lipinski definition) is 1. The molecule has 0 unspecified atom stereocenters. The topological polar surface area (TPSA) is 50.2 Å². The van der Waals surface area contributed by atoms with Crippen LogP contribution in [0.25, 0.3) is 16.6 Å². The first-order valence-electron chi connectivity index (χ1n) is 6.35. The number of benzene rings is 1. The van der Waals surface area contributed by atoms with Crippen LogP contribution < -0.4 is 0 Å². The summed E-state index contributed by atoms with van der Waals surface area (Å²) in [5.41, 5.74) is 1.86. The van der Waals surface area contributed by atoms with E-state index in [9.17, 15) is 4.79 Å². The van der Waals surface area contributed by atoms with E-state index in [4.69, 9.17) is 10.1 Å². The molecular formula is C16H17NO2S. The summed E-state index contributed by atoms with van der Waals surface area (Å²) in [6.07, 6.45) is 2.80. The van der Waals surface area contributed by atoms with Gasteiger partial charge < -0.3 is 5.11 Å². The smallest absolute Gasteiger partial charge is 0.328 e. The molecule has 1 heterocycles. The second-order valence-electron chi connectivity index (χ2n) is 5.52. The number of carbonyl (C=O) groups is 1. The molecule has 3 nitrogen and oxygen atoms in total. The fraction of sp³-hybridized carbons (Fsp3) is 0.250. The number of rotatable bonds is 3. The Labute approximate surface area is 122 Å². The minimum absolute atomic E-state index is 0.123. The monoisotopic (exact) mass is 287 g/mol. The third-order valence-corrected chi connectivity index (χ3v) is 3.83. The van der Waals surface area contributed by atoms with Crippen molar-refractivity contribution in [2.45, 2.75) is 26.2 Å². The number of carboxylic acid groups (broad SMARTS) is 1. The molecule has 0 aliphatic rings. The second-order valence-corrected chi connectivity index (χ2v) is 6.55. The van der Waals surface area contributed by atoms with Crippen LogP contribution in [0.15, 0.2) is 36.4 Å². The van der Waals surface area contributed by atoms with E-state index in [1.165, 1.54) is 11.3 Å². The lowest BCUT2D eigenvalue weighted by atomic mass is 9.91. The lowest BCUT2D eigenvalue weighted by Crippen LogP contribution is -2.13. The molecule has 20 heavy (non-hydrogen) atoms. The van der Waals surface area contributed by atoms with Gasteiger partial charge in [-0.15, -0.1) is 11.3 Å². The van der Waals surface area contributed by atoms with Crippen molar-refractivity contribution in [1.29, 1.82) is 0 Å². The number of thiazole rings is 1. The molecule has 0 spiro atoms. The van der Waals surface area contributed by atoms with Gasteiger partial charge in [-0.25, -0.2) is 9.78 Å². The van der Waals surface area contributed by atoms with Gasteiger partial charge in [0.1, 0.15) is 5.01 Å². The zero-order valence-electron chi connectivity index (χ0n) is 11.8. The van der Waals surface area contributed by atoms with Crippen molar-refractivity contribution in [3.8, 4) is 10.6 Å². The molecule has 0 atom stereocenters. The molecule has 1 aromatic carbocycles. The molecular weight excluding hydrogens is 270 g/mol. The Bertz CT molecular complexity index is 636. The number of carboxylic acids is 1. The maximum Gasteiger partial charge on any atom is 0.328 e. The summed E-state index contributed by atoms with van der Waals surface area (Å²) in [6.45, 7) is 6.23. The highest BCUT2D eigenvalue weighted by Gasteiger charge is 2.22. The molecule has 2 rings (SSSR count). The van der Waals surface area contributed by atoms with Gasteiger partial charge in [0.2, 0.25) is 0 Å². The van der Waals surface area contributed by atoms with Crippen molar-refractivity contribution in [3.05, 3.63) is 47.0 Å². The van der Waals surface area contributed by atoms with Gasteiger partial charge in [0.05, 0.1) is 10.6 Å². The van der Waals surface area contributed by atoms with Gasteiger partial charge in [0.15, 0.2) is 0 Å². The van der Waals surface area contributed by atoms with Crippen LogP contribution in [0.3, 0.4) is 0 Å². The van der Waals surface area contributed by atoms with E-state index < -0.39 is 5.97 Å². The molecule has 104 valence electrons. The summed E-state index contributed by atoms with van der Waals surface area (Å²) in [5, 5.41) is 9.71. The zero-order valence-corrected chi connectivity index (χ0v) is 12.6. The van der Waals surface area contributed by atoms with Crippen LogP contribution in [-0.4, -0.2) is 16.1 Å². The van der Waals surface area contributed by atoms with Crippen LogP contribution in [0.4, 0.5) is 0 Å². The van der Waals surface area contributed by atoms with E-state index in [-0.39, 0.29) is 5.41 Å². The fourth-order valence-electron chi connectivity index (χ4n) is 1.83. The van der Waals surface area contributed by atoms with Gasteiger partial charge in [-0.3, -0.25) is 0 Å². The Morgan fingerprint density at radius 2 is 1.90 bits per heavy atom. The predicted molar refractivity (Wildman–Crippen MR) is 82.9 cm³/mol. The van der Waals surface area contributed by atoms with Gasteiger partial charge in [-0.2, -0.15) is 0 Å². The molecule has 4 heteroatoms. The molecule has 0 amide bonds. The van der Waals surface area contributed by atoms with Gasteiger partial charge in [0.25, 0.3) is 0 Å². The average molecular weight is 287 g/mol. The van der Waals surface area contributed by atoms with Crippen molar-refractivity contribution in [2.75, 3.05) is 0 Å². The summed E-state index contributed by atoms with van der Waals surface area (Å²) in [7, 11) is 0. The van der Waals surface area contributed by atoms with Gasteiger partial charge in [-0.05, 0) is 6.08 Å². The zero-order chi connectivity index (χ0) is 14.8. The Morgan fingerprint density at radius 1 is 1.25 bits per heavy atom. The highest BCUT2D eigenvalue weighted by atomic mass is 32.1. The van der Waals surface area contributed by atoms with Crippen molar-refractivity contribution < 1.29 is 9.90 Å². The largest absolute Gasteiger partial charge is 0.478 e. The Morgan fingerprint density at radius 3 is 2.45 bits per heavy atom. The van der Waals surface area contributed by atoms with E-state index >= 15 is 0 Å². The summed E-state index contributed by atoms with van der Waals surface area (Å²) in [6, 6.07) is 9.93. The van der Waals surface area contributed by atoms with Crippen LogP contribution in [0.2, 0.25) is 0 Å². The predicted octanol–water partition coefficient (Wildman–Crippen LogP) is 4.21. The van der Waals surface area contributed by atoms with Crippen molar-refractivity contribution in [1.82, 2.24) is 4.98 Å². The molecule has 0 bridgehead atoms. The molecule has 0 aliphatic heterocycles. The van der Waals surface area contributed by atoms with Crippen molar-refractivity contribution in [3.63, 3.8) is 0 Å². The maximum atomic E-state index is 10.7. The number of aliphatic carboxylic acids is 1. The fourth-order valence-corrected chi connectivity index (χ4v) is 3.02. The Kier molecular flexibility index (Phi) is 4.04. The highest BCUT2D eigenvalue weighted by molar-refractivity contribution is 7.16. The standard InChI is InChI=1S/C16H17NO2S/c1-16(2,3)14-12(9-10-13(18)19)20-15(17-14)11-7-5-4-6-8-11/h4-10H,1-3H3,(H,18,19)/b10-9+. The summed E-state index contributed by atoms with van der Waals surface area (Å²) in [5.74, 6) is -0.945. The van der Waals surface area contributed by atoms with Crippen molar-refractivity contribution in [2.24, 2.45) is 0 Å². The lowest BCUT2D eigenvalue weighted by Gasteiger charge is -2.16. The molecule has 0 radical (unpaired) electrons. The molecule has 1 N–H and O–H groups in total. The van der Waals surface area contributed by atoms with E-state index in [2.05, 4.69) is 20.8 Å². The van der Waals surface area contributed by atoms with Crippen molar-refractivity contribution >= 4 is 23.4 Å². The van der Waals surface area contributed by atoms with Gasteiger partial charge in [0, 0.05) is 17.1 Å². The first-order chi connectivity index (χ1) is 9.38. The number of aromatic nitrogens is 1.